The minimum Gasteiger partial charge on any atom is -0.480 e. The van der Waals surface area contributed by atoms with Gasteiger partial charge in [0.15, 0.2) is 0 Å². The van der Waals surface area contributed by atoms with Gasteiger partial charge in [0.2, 0.25) is 0 Å². The largest absolute Gasteiger partial charge is 0.480 e. The Balaban J connectivity index is 2.40. The zero-order chi connectivity index (χ0) is 12.4. The van der Waals surface area contributed by atoms with Gasteiger partial charge < -0.3 is 10.4 Å². The van der Waals surface area contributed by atoms with Crippen LogP contribution in [0.25, 0.3) is 11.0 Å². The zero-order valence-corrected chi connectivity index (χ0v) is 9.64. The number of carboxylic acids is 1. The Labute approximate surface area is 98.5 Å². The van der Waals surface area contributed by atoms with Crippen molar-refractivity contribution in [3.63, 3.8) is 0 Å². The van der Waals surface area contributed by atoms with Crippen molar-refractivity contribution in [3.05, 3.63) is 30.0 Å². The molecule has 1 heterocycles. The van der Waals surface area contributed by atoms with E-state index >= 15 is 0 Å². The maximum absolute atomic E-state index is 10.8. The summed E-state index contributed by atoms with van der Waals surface area (Å²) in [5.41, 5.74) is 2.24. The molecule has 0 aliphatic heterocycles. The number of anilines is 1. The lowest BCUT2D eigenvalue weighted by Crippen LogP contribution is -2.26. The van der Waals surface area contributed by atoms with Gasteiger partial charge >= 0.3 is 5.97 Å². The average molecular weight is 231 g/mol. The fourth-order valence-corrected chi connectivity index (χ4v) is 1.49. The van der Waals surface area contributed by atoms with Crippen LogP contribution < -0.4 is 5.32 Å². The molecule has 0 saturated heterocycles. The molecule has 0 bridgehead atoms. The fraction of sp³-hybridized carbons (Fsp3) is 0.250. The molecule has 1 atom stereocenters. The maximum Gasteiger partial charge on any atom is 0.325 e. The van der Waals surface area contributed by atoms with E-state index in [-0.39, 0.29) is 0 Å². The van der Waals surface area contributed by atoms with E-state index in [9.17, 15) is 4.79 Å². The normalized spacial score (nSPS) is 12.4. The molecule has 88 valence electrons. The third-order valence-electron chi connectivity index (χ3n) is 2.47. The van der Waals surface area contributed by atoms with Crippen LogP contribution in [0.3, 0.4) is 0 Å². The second-order valence-electron chi connectivity index (χ2n) is 3.85. The van der Waals surface area contributed by atoms with Crippen molar-refractivity contribution in [1.82, 2.24) is 9.97 Å². The number of nitrogens with zero attached hydrogens (tertiary/aromatic N) is 2. The molecule has 0 unspecified atom stereocenters. The first-order chi connectivity index (χ1) is 8.08. The maximum atomic E-state index is 10.8. The van der Waals surface area contributed by atoms with E-state index in [0.29, 0.717) is 11.5 Å². The topological polar surface area (TPSA) is 75.1 Å². The van der Waals surface area contributed by atoms with E-state index in [1.54, 1.807) is 13.8 Å². The highest BCUT2D eigenvalue weighted by Crippen LogP contribution is 2.16. The average Bonchev–Trinajstić information content (AvgIpc) is 2.29. The summed E-state index contributed by atoms with van der Waals surface area (Å²) < 4.78 is 0. The van der Waals surface area contributed by atoms with Crippen molar-refractivity contribution in [1.29, 1.82) is 0 Å². The Kier molecular flexibility index (Phi) is 2.91. The number of para-hydroxylation sites is 2. The third kappa shape index (κ3) is 2.33. The Bertz CT molecular complexity index is 569. The lowest BCUT2D eigenvalue weighted by atomic mass is 10.2. The highest BCUT2D eigenvalue weighted by atomic mass is 16.4. The van der Waals surface area contributed by atoms with E-state index in [2.05, 4.69) is 15.3 Å². The first-order valence-electron chi connectivity index (χ1n) is 5.30. The summed E-state index contributed by atoms with van der Waals surface area (Å²) in [6.45, 7) is 3.37. The number of fused-ring (bicyclic) bond motifs is 1. The van der Waals surface area contributed by atoms with Crippen molar-refractivity contribution < 1.29 is 9.90 Å². The molecule has 0 fully saturated rings. The molecule has 5 nitrogen and oxygen atoms in total. The molecule has 0 aliphatic carbocycles. The van der Waals surface area contributed by atoms with Crippen LogP contribution in [-0.4, -0.2) is 27.1 Å². The molecule has 5 heteroatoms. The first kappa shape index (κ1) is 11.3. The van der Waals surface area contributed by atoms with Gasteiger partial charge in [0, 0.05) is 0 Å². The predicted molar refractivity (Wildman–Crippen MR) is 65.0 cm³/mol. The smallest absolute Gasteiger partial charge is 0.325 e. The van der Waals surface area contributed by atoms with Crippen LogP contribution >= 0.6 is 0 Å². The van der Waals surface area contributed by atoms with Crippen LogP contribution in [0.4, 0.5) is 5.82 Å². The number of aryl methyl sites for hydroxylation is 1. The fourth-order valence-electron chi connectivity index (χ4n) is 1.49. The second-order valence-corrected chi connectivity index (χ2v) is 3.85. The molecule has 2 aromatic rings. The van der Waals surface area contributed by atoms with E-state index in [1.165, 1.54) is 0 Å². The van der Waals surface area contributed by atoms with Gasteiger partial charge in [0.1, 0.15) is 11.9 Å². The Morgan fingerprint density at radius 3 is 2.47 bits per heavy atom. The number of hydrogen-bond donors (Lipinski definition) is 2. The summed E-state index contributed by atoms with van der Waals surface area (Å²) in [6.07, 6.45) is 0. The minimum absolute atomic E-state index is 0.513. The third-order valence-corrected chi connectivity index (χ3v) is 2.47. The number of nitrogens with one attached hydrogen (secondary N) is 1. The SMILES string of the molecule is Cc1nc2ccccc2nc1N[C@H](C)C(=O)O. The van der Waals surface area contributed by atoms with E-state index in [1.807, 2.05) is 24.3 Å². The van der Waals surface area contributed by atoms with Crippen molar-refractivity contribution in [2.24, 2.45) is 0 Å². The van der Waals surface area contributed by atoms with Gasteiger partial charge in [-0.1, -0.05) is 12.1 Å². The lowest BCUT2D eigenvalue weighted by Gasteiger charge is -2.12. The van der Waals surface area contributed by atoms with Crippen molar-refractivity contribution in [2.45, 2.75) is 19.9 Å². The zero-order valence-electron chi connectivity index (χ0n) is 9.64. The van der Waals surface area contributed by atoms with Gasteiger partial charge in [-0.3, -0.25) is 4.79 Å². The standard InChI is InChI=1S/C12H13N3O2/c1-7-11(14-8(2)12(16)17)15-10-6-4-3-5-9(10)13-7/h3-6,8H,1-2H3,(H,14,15)(H,16,17)/t8-/m1/s1. The number of benzene rings is 1. The summed E-state index contributed by atoms with van der Waals surface area (Å²) in [5.74, 6) is -0.405. The lowest BCUT2D eigenvalue weighted by molar-refractivity contribution is -0.137. The molecule has 0 radical (unpaired) electrons. The van der Waals surface area contributed by atoms with Gasteiger partial charge in [-0.2, -0.15) is 0 Å². The highest BCUT2D eigenvalue weighted by molar-refractivity contribution is 5.79. The molecule has 0 amide bonds. The van der Waals surface area contributed by atoms with Crippen molar-refractivity contribution >= 4 is 22.8 Å². The van der Waals surface area contributed by atoms with E-state index < -0.39 is 12.0 Å². The van der Waals surface area contributed by atoms with E-state index in [4.69, 9.17) is 5.11 Å². The molecule has 2 N–H and O–H groups in total. The van der Waals surface area contributed by atoms with Crippen LogP contribution in [0.15, 0.2) is 24.3 Å². The van der Waals surface area contributed by atoms with Crippen LogP contribution in [0.1, 0.15) is 12.6 Å². The van der Waals surface area contributed by atoms with Gasteiger partial charge in [-0.25, -0.2) is 9.97 Å². The second kappa shape index (κ2) is 4.37. The van der Waals surface area contributed by atoms with Gasteiger partial charge in [0.05, 0.1) is 16.7 Å². The number of rotatable bonds is 3. The monoisotopic (exact) mass is 231 g/mol. The van der Waals surface area contributed by atoms with Crippen LogP contribution in [0, 0.1) is 6.92 Å². The molecule has 1 aromatic carbocycles. The molecule has 0 aliphatic rings. The molecular formula is C12H13N3O2. The predicted octanol–water partition coefficient (Wildman–Crippen LogP) is 1.82. The molecule has 0 spiro atoms. The molecule has 2 rings (SSSR count). The number of carbonyl (C=O) groups is 1. The van der Waals surface area contributed by atoms with Crippen molar-refractivity contribution in [2.75, 3.05) is 5.32 Å². The molecule has 1 aromatic heterocycles. The molecule has 17 heavy (non-hydrogen) atoms. The number of aromatic nitrogens is 2. The van der Waals surface area contributed by atoms with Crippen LogP contribution in [0.5, 0.6) is 0 Å². The number of hydrogen-bond acceptors (Lipinski definition) is 4. The highest BCUT2D eigenvalue weighted by Gasteiger charge is 2.13. The summed E-state index contributed by atoms with van der Waals surface area (Å²) in [7, 11) is 0. The van der Waals surface area contributed by atoms with Crippen LogP contribution in [0.2, 0.25) is 0 Å². The number of carboxylic acid groups (broad SMARTS) is 1. The van der Waals surface area contributed by atoms with Crippen LogP contribution in [-0.2, 0) is 4.79 Å². The quantitative estimate of drug-likeness (QED) is 0.842. The van der Waals surface area contributed by atoms with E-state index in [0.717, 1.165) is 11.0 Å². The summed E-state index contributed by atoms with van der Waals surface area (Å²) in [5, 5.41) is 11.7. The summed E-state index contributed by atoms with van der Waals surface area (Å²) in [6, 6.07) is 6.79. The first-order valence-corrected chi connectivity index (χ1v) is 5.30. The summed E-state index contributed by atoms with van der Waals surface area (Å²) in [4.78, 5) is 19.5. The van der Waals surface area contributed by atoms with Gasteiger partial charge in [-0.15, -0.1) is 0 Å². The Morgan fingerprint density at radius 1 is 1.29 bits per heavy atom. The molecular weight excluding hydrogens is 218 g/mol. The molecule has 0 saturated carbocycles. The summed E-state index contributed by atoms with van der Waals surface area (Å²) >= 11 is 0. The van der Waals surface area contributed by atoms with Gasteiger partial charge in [0.25, 0.3) is 0 Å². The Hall–Kier alpha value is -2.17. The number of aliphatic carboxylic acids is 1. The van der Waals surface area contributed by atoms with Crippen molar-refractivity contribution in [3.8, 4) is 0 Å². The van der Waals surface area contributed by atoms with Gasteiger partial charge in [-0.05, 0) is 26.0 Å². The Morgan fingerprint density at radius 2 is 1.88 bits per heavy atom. The minimum atomic E-state index is -0.917.